The maximum absolute atomic E-state index is 12.8. The molecule has 4 rings (SSSR count). The lowest BCUT2D eigenvalue weighted by Gasteiger charge is -2.40. The van der Waals surface area contributed by atoms with Crippen LogP contribution in [0.1, 0.15) is 29.8 Å². The number of piperidine rings is 1. The summed E-state index contributed by atoms with van der Waals surface area (Å²) in [4.78, 5) is 22.6. The number of fused-ring (bicyclic) bond motifs is 2. The highest BCUT2D eigenvalue weighted by molar-refractivity contribution is 5.92. The fourth-order valence-electron chi connectivity index (χ4n) is 4.57. The molecule has 0 radical (unpaired) electrons. The molecule has 1 fully saturated rings. The summed E-state index contributed by atoms with van der Waals surface area (Å²) in [5, 5.41) is 2.41. The van der Waals surface area contributed by atoms with Crippen LogP contribution < -0.4 is 19.5 Å². The van der Waals surface area contributed by atoms with Crippen LogP contribution in [0.2, 0.25) is 0 Å². The number of hydrogen-bond donors (Lipinski definition) is 2. The second-order valence-electron chi connectivity index (χ2n) is 7.75. The minimum atomic E-state index is 0.00476. The number of carbonyl (C=O) groups is 1. The van der Waals surface area contributed by atoms with E-state index in [0.29, 0.717) is 17.2 Å². The molecule has 0 unspecified atom stereocenters. The zero-order valence-corrected chi connectivity index (χ0v) is 17.7. The van der Waals surface area contributed by atoms with Gasteiger partial charge in [-0.25, -0.2) is 4.98 Å². The van der Waals surface area contributed by atoms with Crippen molar-refractivity contribution in [2.45, 2.75) is 24.8 Å². The normalized spacial score (nSPS) is 17.8. The molecule has 0 aliphatic carbocycles. The van der Waals surface area contributed by atoms with Gasteiger partial charge in [-0.3, -0.25) is 4.79 Å². The monoisotopic (exact) mass is 413 g/mol. The standard InChI is InChI=1S/C22H28N4O4/c1-28-17-12-15(13-18(29-2)20(17)30-3)4-5-19(27)26-10-7-22(8-11-26)21-16(6-9-25-22)23-14-24-21/h4-5,12-14,25H,6-11H2,1-3H3,(H,23,24)/p+1/b5-4+. The van der Waals surface area contributed by atoms with Crippen molar-refractivity contribution < 1.29 is 24.3 Å². The van der Waals surface area contributed by atoms with Crippen LogP contribution >= 0.6 is 0 Å². The Labute approximate surface area is 176 Å². The van der Waals surface area contributed by atoms with Gasteiger partial charge in [-0.2, -0.15) is 0 Å². The predicted molar refractivity (Wildman–Crippen MR) is 112 cm³/mol. The highest BCUT2D eigenvalue weighted by Crippen LogP contribution is 2.38. The molecule has 8 heteroatoms. The molecule has 0 atom stereocenters. The van der Waals surface area contributed by atoms with Gasteiger partial charge in [-0.15, -0.1) is 0 Å². The van der Waals surface area contributed by atoms with E-state index in [0.717, 1.165) is 44.5 Å². The van der Waals surface area contributed by atoms with Gasteiger partial charge in [0, 0.05) is 44.1 Å². The van der Waals surface area contributed by atoms with E-state index < -0.39 is 0 Å². The second-order valence-corrected chi connectivity index (χ2v) is 7.75. The van der Waals surface area contributed by atoms with E-state index in [1.165, 1.54) is 11.4 Å². The largest absolute Gasteiger partial charge is 0.493 e. The molecule has 2 aliphatic rings. The van der Waals surface area contributed by atoms with E-state index in [4.69, 9.17) is 14.2 Å². The number of benzene rings is 1. The molecular weight excluding hydrogens is 384 g/mol. The summed E-state index contributed by atoms with van der Waals surface area (Å²) < 4.78 is 16.1. The Balaban J connectivity index is 1.44. The summed E-state index contributed by atoms with van der Waals surface area (Å²) in [7, 11) is 4.72. The maximum Gasteiger partial charge on any atom is 0.246 e. The molecule has 0 saturated carbocycles. The van der Waals surface area contributed by atoms with E-state index in [1.54, 1.807) is 39.8 Å². The summed E-state index contributed by atoms with van der Waals surface area (Å²) in [6.07, 6.45) is 8.04. The third-order valence-corrected chi connectivity index (χ3v) is 6.19. The number of imidazole rings is 1. The Kier molecular flexibility index (Phi) is 5.67. The lowest BCUT2D eigenvalue weighted by atomic mass is 9.80. The van der Waals surface area contributed by atoms with Gasteiger partial charge < -0.3 is 29.4 Å². The Morgan fingerprint density at radius 1 is 1.17 bits per heavy atom. The number of aromatic amines is 1. The predicted octanol–water partition coefficient (Wildman–Crippen LogP) is 1.09. The molecule has 160 valence electrons. The molecule has 1 aromatic carbocycles. The highest BCUT2D eigenvalue weighted by Gasteiger charge is 2.45. The van der Waals surface area contributed by atoms with Crippen molar-refractivity contribution in [3.63, 3.8) is 0 Å². The fourth-order valence-corrected chi connectivity index (χ4v) is 4.57. The molecule has 2 aromatic rings. The molecule has 3 heterocycles. The summed E-state index contributed by atoms with van der Waals surface area (Å²) in [6, 6.07) is 3.65. The van der Waals surface area contributed by atoms with Crippen LogP contribution in [0.5, 0.6) is 17.2 Å². The molecule has 1 spiro atoms. The first kappa shape index (κ1) is 20.3. The summed E-state index contributed by atoms with van der Waals surface area (Å²) in [6.45, 7) is 2.51. The minimum Gasteiger partial charge on any atom is -0.493 e. The van der Waals surface area contributed by atoms with Crippen LogP contribution in [-0.2, 0) is 16.8 Å². The van der Waals surface area contributed by atoms with E-state index in [9.17, 15) is 4.79 Å². The van der Waals surface area contributed by atoms with Gasteiger partial charge in [0.1, 0.15) is 11.2 Å². The molecular formula is C22H29N4O4+. The Hall–Kier alpha value is -3.00. The molecule has 1 aromatic heterocycles. The fraction of sp³-hybridized carbons (Fsp3) is 0.455. The number of hydrogen-bond acceptors (Lipinski definition) is 5. The number of nitrogens with one attached hydrogen (secondary N) is 1. The number of ether oxygens (including phenoxy) is 3. The third kappa shape index (κ3) is 3.63. The smallest absolute Gasteiger partial charge is 0.246 e. The van der Waals surface area contributed by atoms with Crippen LogP contribution in [0.15, 0.2) is 24.5 Å². The van der Waals surface area contributed by atoms with Crippen molar-refractivity contribution in [2.75, 3.05) is 41.0 Å². The van der Waals surface area contributed by atoms with Gasteiger partial charge in [-0.05, 0) is 23.8 Å². The Bertz CT molecular complexity index is 919. The lowest BCUT2D eigenvalue weighted by molar-refractivity contribution is -0.743. The average molecular weight is 413 g/mol. The first-order valence-electron chi connectivity index (χ1n) is 10.2. The SMILES string of the molecule is COc1cc(/C=C/C(=O)N2CCC3(CC2)[NH2+]CCc2[nH]cnc23)cc(OC)c1OC. The summed E-state index contributed by atoms with van der Waals surface area (Å²) >= 11 is 0. The van der Waals surface area contributed by atoms with Crippen LogP contribution in [-0.4, -0.2) is 61.7 Å². The number of likely N-dealkylation sites (tertiary alicyclic amines) is 1. The van der Waals surface area contributed by atoms with Gasteiger partial charge in [-0.1, -0.05) is 0 Å². The zero-order chi connectivity index (χ0) is 21.1. The van der Waals surface area contributed by atoms with Crippen LogP contribution in [0.4, 0.5) is 0 Å². The molecule has 30 heavy (non-hydrogen) atoms. The van der Waals surface area contributed by atoms with Crippen molar-refractivity contribution in [1.82, 2.24) is 14.9 Å². The number of rotatable bonds is 5. The maximum atomic E-state index is 12.8. The minimum absolute atomic E-state index is 0.00476. The topological polar surface area (TPSA) is 93.3 Å². The summed E-state index contributed by atoms with van der Waals surface area (Å²) in [5.74, 6) is 1.67. The third-order valence-electron chi connectivity index (χ3n) is 6.19. The van der Waals surface area contributed by atoms with Gasteiger partial charge >= 0.3 is 0 Å². The first-order valence-corrected chi connectivity index (χ1v) is 10.2. The van der Waals surface area contributed by atoms with E-state index >= 15 is 0 Å². The molecule has 3 N–H and O–H groups in total. The Morgan fingerprint density at radius 2 is 1.87 bits per heavy atom. The van der Waals surface area contributed by atoms with Crippen LogP contribution in [0, 0.1) is 0 Å². The van der Waals surface area contributed by atoms with Crippen molar-refractivity contribution in [3.8, 4) is 17.2 Å². The van der Waals surface area contributed by atoms with Gasteiger partial charge in [0.2, 0.25) is 11.7 Å². The highest BCUT2D eigenvalue weighted by atomic mass is 16.5. The molecule has 1 amide bonds. The van der Waals surface area contributed by atoms with Crippen LogP contribution in [0.3, 0.4) is 0 Å². The molecule has 8 nitrogen and oxygen atoms in total. The van der Waals surface area contributed by atoms with E-state index in [2.05, 4.69) is 15.3 Å². The van der Waals surface area contributed by atoms with Crippen molar-refractivity contribution in [2.24, 2.45) is 0 Å². The number of amides is 1. The van der Waals surface area contributed by atoms with Crippen molar-refractivity contribution in [1.29, 1.82) is 0 Å². The Morgan fingerprint density at radius 3 is 2.50 bits per heavy atom. The molecule has 0 bridgehead atoms. The lowest BCUT2D eigenvalue weighted by Crippen LogP contribution is -2.97. The van der Waals surface area contributed by atoms with E-state index in [-0.39, 0.29) is 11.4 Å². The number of methoxy groups -OCH3 is 3. The van der Waals surface area contributed by atoms with E-state index in [1.807, 2.05) is 17.0 Å². The number of H-pyrrole nitrogens is 1. The number of carbonyl (C=O) groups excluding carboxylic acids is 1. The van der Waals surface area contributed by atoms with Gasteiger partial charge in [0.15, 0.2) is 11.5 Å². The molecule has 2 aliphatic heterocycles. The van der Waals surface area contributed by atoms with Crippen molar-refractivity contribution in [3.05, 3.63) is 41.5 Å². The second kappa shape index (κ2) is 8.39. The quantitative estimate of drug-likeness (QED) is 0.716. The number of quaternary nitrogens is 1. The average Bonchev–Trinajstić information content (AvgIpc) is 3.27. The summed E-state index contributed by atoms with van der Waals surface area (Å²) in [5.41, 5.74) is 3.24. The van der Waals surface area contributed by atoms with Crippen LogP contribution in [0.25, 0.3) is 6.08 Å². The number of nitrogens with zero attached hydrogens (tertiary/aromatic N) is 2. The van der Waals surface area contributed by atoms with Gasteiger partial charge in [0.05, 0.1) is 34.2 Å². The number of aromatic nitrogens is 2. The van der Waals surface area contributed by atoms with Crippen molar-refractivity contribution >= 4 is 12.0 Å². The number of nitrogens with two attached hydrogens (primary N) is 1. The first-order chi connectivity index (χ1) is 14.6. The van der Waals surface area contributed by atoms with Gasteiger partial charge in [0.25, 0.3) is 0 Å². The molecule has 1 saturated heterocycles. The zero-order valence-electron chi connectivity index (χ0n) is 17.7.